The number of hydrogen-bond acceptors (Lipinski definition) is 18. The van der Waals surface area contributed by atoms with Crippen molar-refractivity contribution in [3.8, 4) is 23.0 Å². The van der Waals surface area contributed by atoms with E-state index in [4.69, 9.17) is 86.1 Å². The molecule has 0 aliphatic carbocycles. The summed E-state index contributed by atoms with van der Waals surface area (Å²) in [5.74, 6) is -7.60. The fourth-order valence-corrected chi connectivity index (χ4v) is 8.86. The number of carbonyl (C=O) groups excluding carboxylic acids is 8. The van der Waals surface area contributed by atoms with E-state index in [0.717, 1.165) is 0 Å². The van der Waals surface area contributed by atoms with Crippen molar-refractivity contribution >= 4 is 99.8 Å². The Labute approximate surface area is 540 Å². The molecule has 0 aliphatic heterocycles. The fraction of sp³-hybridized carbons (Fsp3) is 0.362. The van der Waals surface area contributed by atoms with E-state index in [9.17, 15) is 38.4 Å². The van der Waals surface area contributed by atoms with Crippen LogP contribution in [0.25, 0.3) is 0 Å². The normalized spacial score (nSPS) is 11.8. The maximum Gasteiger partial charge on any atom is 0.255 e. The predicted molar refractivity (Wildman–Crippen MR) is 352 cm³/mol. The summed E-state index contributed by atoms with van der Waals surface area (Å²) in [6.45, 7) is 0.647. The summed E-state index contributed by atoms with van der Waals surface area (Å²) in [6.07, 6.45) is 1.10. The average Bonchev–Trinajstić information content (AvgIpc) is 0.864. The van der Waals surface area contributed by atoms with Crippen molar-refractivity contribution in [3.05, 3.63) is 95.1 Å². The Morgan fingerprint density at radius 2 is 0.660 bits per heavy atom. The molecule has 94 heavy (non-hydrogen) atoms. The van der Waals surface area contributed by atoms with Crippen molar-refractivity contribution in [1.82, 2.24) is 42.5 Å². The van der Waals surface area contributed by atoms with Gasteiger partial charge in [0.25, 0.3) is 23.6 Å². The van der Waals surface area contributed by atoms with E-state index in [0.29, 0.717) is 13.0 Å². The van der Waals surface area contributed by atoms with Crippen LogP contribution in [0.1, 0.15) is 92.8 Å². The van der Waals surface area contributed by atoms with Crippen LogP contribution < -0.4 is 123 Å². The lowest BCUT2D eigenvalue weighted by Crippen LogP contribution is -2.45. The first-order valence-electron chi connectivity index (χ1n) is 29.2. The van der Waals surface area contributed by atoms with Crippen LogP contribution >= 0.6 is 0 Å². The van der Waals surface area contributed by atoms with Crippen molar-refractivity contribution in [2.45, 2.75) is 75.5 Å². The van der Waals surface area contributed by atoms with E-state index < -0.39 is 71.4 Å². The molecule has 4 rings (SSSR count). The number of guanidine groups is 5. The molecule has 0 aromatic heterocycles. The molecule has 31 N–H and O–H groups in total. The molecule has 0 bridgehead atoms. The van der Waals surface area contributed by atoms with Gasteiger partial charge in [-0.3, -0.25) is 65.4 Å². The number of ether oxygens (including phenoxy) is 4. The number of rotatable bonds is 38. The van der Waals surface area contributed by atoms with Gasteiger partial charge in [-0.05, 0) is 124 Å². The first-order valence-corrected chi connectivity index (χ1v) is 29.2. The van der Waals surface area contributed by atoms with Crippen molar-refractivity contribution < 1.29 is 57.3 Å². The summed E-state index contributed by atoms with van der Waals surface area (Å²) in [7, 11) is 3.92. The second-order valence-electron chi connectivity index (χ2n) is 20.6. The van der Waals surface area contributed by atoms with Gasteiger partial charge in [-0.25, -0.2) is 0 Å². The molecule has 508 valence electrons. The zero-order valence-electron chi connectivity index (χ0n) is 52.1. The molecule has 4 atom stereocenters. The van der Waals surface area contributed by atoms with E-state index in [2.05, 4.69) is 63.8 Å². The third kappa shape index (κ3) is 25.2. The Balaban J connectivity index is 1.63. The van der Waals surface area contributed by atoms with Gasteiger partial charge in [-0.2, -0.15) is 0 Å². The van der Waals surface area contributed by atoms with Gasteiger partial charge in [0.05, 0.1) is 56.2 Å². The number of carbonyl (C=O) groups is 8. The van der Waals surface area contributed by atoms with E-state index in [1.54, 1.807) is 0 Å². The third-order valence-electron chi connectivity index (χ3n) is 13.5. The molecule has 8 amide bonds. The van der Waals surface area contributed by atoms with Gasteiger partial charge in [-0.15, -0.1) is 0 Å². The lowest BCUT2D eigenvalue weighted by atomic mass is 10.1. The van der Waals surface area contributed by atoms with Crippen LogP contribution in [-0.4, -0.2) is 162 Å². The minimum absolute atomic E-state index is 0.00401. The highest BCUT2D eigenvalue weighted by atomic mass is 16.5. The molecule has 4 aromatic rings. The van der Waals surface area contributed by atoms with Gasteiger partial charge >= 0.3 is 0 Å². The molecule has 0 heterocycles. The van der Waals surface area contributed by atoms with Gasteiger partial charge in [0, 0.05) is 48.9 Å². The molecule has 0 unspecified atom stereocenters. The van der Waals surface area contributed by atoms with Crippen LogP contribution in [0.4, 0.5) is 22.7 Å². The highest BCUT2D eigenvalue weighted by Crippen LogP contribution is 2.28. The average molecular weight is 1310 g/mol. The number of nitrogens with one attached hydrogen (secondary N) is 17. The molecule has 0 fully saturated rings. The summed E-state index contributed by atoms with van der Waals surface area (Å²) < 4.78 is 22.1. The summed E-state index contributed by atoms with van der Waals surface area (Å²) in [5.41, 5.74) is 38.8. The highest BCUT2D eigenvalue weighted by molar-refractivity contribution is 6.08. The Hall–Kier alpha value is -11.9. The smallest absolute Gasteiger partial charge is 0.255 e. The van der Waals surface area contributed by atoms with Crippen LogP contribution in [0.2, 0.25) is 0 Å². The molecule has 36 nitrogen and oxygen atoms in total. The van der Waals surface area contributed by atoms with Crippen molar-refractivity contribution in [1.29, 1.82) is 27.0 Å². The minimum atomic E-state index is -1.35. The van der Waals surface area contributed by atoms with Crippen LogP contribution in [0.5, 0.6) is 23.0 Å². The molecular weight excluding hydrogens is 1220 g/mol. The van der Waals surface area contributed by atoms with Gasteiger partial charge in [0.1, 0.15) is 47.7 Å². The fourth-order valence-electron chi connectivity index (χ4n) is 8.86. The van der Waals surface area contributed by atoms with Gasteiger partial charge in [-0.1, -0.05) is 0 Å². The van der Waals surface area contributed by atoms with Gasteiger partial charge < -0.3 is 123 Å². The largest absolute Gasteiger partial charge is 0.496 e. The monoisotopic (exact) mass is 1310 g/mol. The number of anilines is 4. The molecule has 0 saturated heterocycles. The lowest BCUT2D eigenvalue weighted by molar-refractivity contribution is -0.118. The number of primary amides is 1. The molecule has 36 heteroatoms. The van der Waals surface area contributed by atoms with Crippen LogP contribution in [0, 0.1) is 27.0 Å². The second-order valence-corrected chi connectivity index (χ2v) is 20.6. The van der Waals surface area contributed by atoms with E-state index in [1.165, 1.54) is 94.1 Å². The quantitative estimate of drug-likeness (QED) is 0.0134. The van der Waals surface area contributed by atoms with Crippen molar-refractivity contribution in [2.75, 3.05) is 81.9 Å². The first kappa shape index (κ1) is 74.6. The van der Waals surface area contributed by atoms with E-state index >= 15 is 0 Å². The zero-order chi connectivity index (χ0) is 69.4. The Morgan fingerprint density at radius 3 is 0.979 bits per heavy atom. The lowest BCUT2D eigenvalue weighted by Gasteiger charge is -2.22. The second kappa shape index (κ2) is 38.0. The third-order valence-corrected chi connectivity index (χ3v) is 13.5. The SMILES string of the molecule is COc1ccc(NC(=O)[C@@H](CCCNC(=N)N)NC(=O)c2cc(NC(=O)[C@@H](CCCNC(=N)N)NC(=O)c3cc(NC(=O)[C@@H](CCCNC(=N)N)NC(=O)c4cc(NC(=O)[C@H](N)CCCNC(=N)N)ccc4OCCNC(=N)N)ccc3OC)ccc2OC)cc1C(N)=O. The molecular formula is C58H84N24O12. The summed E-state index contributed by atoms with van der Waals surface area (Å²) >= 11 is 0. The van der Waals surface area contributed by atoms with Crippen molar-refractivity contribution in [3.63, 3.8) is 0 Å². The van der Waals surface area contributed by atoms with Crippen LogP contribution in [0.15, 0.2) is 72.8 Å². The van der Waals surface area contributed by atoms with E-state index in [1.807, 2.05) is 0 Å². The molecule has 0 saturated carbocycles. The number of hydrogen-bond donors (Lipinski definition) is 24. The van der Waals surface area contributed by atoms with Crippen LogP contribution in [-0.2, 0) is 19.2 Å². The summed E-state index contributed by atoms with van der Waals surface area (Å²) in [5, 5.41) is 69.6. The Bertz CT molecular complexity index is 3410. The number of methoxy groups -OCH3 is 3. The molecule has 0 spiro atoms. The molecule has 4 aromatic carbocycles. The standard InChI is InChI=1S/C58H84N24O12/c1-91-42-16-12-30(26-34(42)46(60)83)77-51(88)39(9-5-21-72-55(63)64)80-47(84)35-27-32(13-17-43(35)92-2)78-52(89)40(10-6-22-73-56(65)66)81-48(85)36-28-33(14-18-44(36)93-3)79-53(90)41(11-7-23-74-57(67)68)82-49(86)37-29-31(15-19-45(37)94-25-24-75-58(69)70)76-50(87)38(59)8-4-20-71-54(61)62/h12-19,26-29,38-41H,4-11,20-25,59H2,1-3H3,(H2,60,83)(H,76,87)(H,77,88)(H,78,89)(H,79,90)(H,80,84)(H,81,85)(H,82,86)(H4,61,62,71)(H4,63,64,72)(H4,65,66,73)(H4,67,68,74)(H4,69,70,75)/t38-,39-,40-,41-/m1/s1. The summed E-state index contributed by atoms with van der Waals surface area (Å²) in [6, 6.07) is 11.6. The Morgan fingerprint density at radius 1 is 0.383 bits per heavy atom. The Kier molecular flexibility index (Phi) is 30.2. The number of nitrogens with two attached hydrogens (primary N) is 7. The predicted octanol–water partition coefficient (Wildman–Crippen LogP) is -1.80. The van der Waals surface area contributed by atoms with Gasteiger partial charge in [0.2, 0.25) is 23.6 Å². The first-order chi connectivity index (χ1) is 44.7. The van der Waals surface area contributed by atoms with Crippen LogP contribution in [0.3, 0.4) is 0 Å². The molecule has 0 aliphatic rings. The number of amides is 8. The van der Waals surface area contributed by atoms with Gasteiger partial charge in [0.15, 0.2) is 29.8 Å². The maximum absolute atomic E-state index is 14.4. The summed E-state index contributed by atoms with van der Waals surface area (Å²) in [4.78, 5) is 111. The maximum atomic E-state index is 14.4. The number of benzene rings is 4. The van der Waals surface area contributed by atoms with Crippen molar-refractivity contribution in [2.24, 2.45) is 40.1 Å². The molecule has 0 radical (unpaired) electrons. The minimum Gasteiger partial charge on any atom is -0.496 e. The topological polar surface area (TPSA) is 619 Å². The highest BCUT2D eigenvalue weighted by Gasteiger charge is 2.29. The van der Waals surface area contributed by atoms with E-state index in [-0.39, 0.29) is 176 Å². The zero-order valence-corrected chi connectivity index (χ0v) is 52.1.